The van der Waals surface area contributed by atoms with Crippen molar-refractivity contribution in [2.75, 3.05) is 6.61 Å². The number of carbonyl (C=O) groups excluding carboxylic acids is 1. The van der Waals surface area contributed by atoms with Crippen molar-refractivity contribution in [3.05, 3.63) is 35.4 Å². The molecule has 2 nitrogen and oxygen atoms in total. The van der Waals surface area contributed by atoms with Gasteiger partial charge in [0.15, 0.2) is 0 Å². The lowest BCUT2D eigenvalue weighted by Crippen LogP contribution is -2.07. The first kappa shape index (κ1) is 11.8. The van der Waals surface area contributed by atoms with Crippen molar-refractivity contribution < 1.29 is 9.53 Å². The van der Waals surface area contributed by atoms with E-state index in [1.165, 1.54) is 5.56 Å². The third-order valence-corrected chi connectivity index (χ3v) is 2.22. The molecule has 0 saturated heterocycles. The Hall–Kier alpha value is -1.31. The predicted molar refractivity (Wildman–Crippen MR) is 60.8 cm³/mol. The molecule has 0 saturated carbocycles. The van der Waals surface area contributed by atoms with Crippen molar-refractivity contribution in [3.8, 4) is 0 Å². The van der Waals surface area contributed by atoms with Gasteiger partial charge in [0.05, 0.1) is 13.0 Å². The highest BCUT2D eigenvalue weighted by molar-refractivity contribution is 5.72. The van der Waals surface area contributed by atoms with Crippen LogP contribution in [-0.2, 0) is 22.4 Å². The molecule has 0 aliphatic heterocycles. The minimum atomic E-state index is -0.152. The van der Waals surface area contributed by atoms with Crippen molar-refractivity contribution in [3.63, 3.8) is 0 Å². The Labute approximate surface area is 91.3 Å². The number of aryl methyl sites for hydroxylation is 1. The van der Waals surface area contributed by atoms with Crippen LogP contribution in [0.2, 0.25) is 0 Å². The number of esters is 1. The smallest absolute Gasteiger partial charge is 0.310 e. The molecular weight excluding hydrogens is 188 g/mol. The first-order valence-corrected chi connectivity index (χ1v) is 5.49. The molecule has 0 bridgehead atoms. The molecule has 0 unspecified atom stereocenters. The van der Waals surface area contributed by atoms with Gasteiger partial charge in [0.1, 0.15) is 0 Å². The molecule has 0 aromatic heterocycles. The molecule has 1 aromatic carbocycles. The van der Waals surface area contributed by atoms with Gasteiger partial charge in [0.2, 0.25) is 0 Å². The third kappa shape index (κ3) is 4.15. The zero-order chi connectivity index (χ0) is 11.1. The summed E-state index contributed by atoms with van der Waals surface area (Å²) < 4.78 is 4.88. The van der Waals surface area contributed by atoms with Crippen molar-refractivity contribution in [1.82, 2.24) is 0 Å². The maximum atomic E-state index is 11.2. The highest BCUT2D eigenvalue weighted by Gasteiger charge is 2.03. The molecule has 1 aromatic rings. The van der Waals surface area contributed by atoms with E-state index in [4.69, 9.17) is 4.74 Å². The fourth-order valence-electron chi connectivity index (χ4n) is 1.49. The number of hydrogen-bond donors (Lipinski definition) is 0. The molecule has 0 fully saturated rings. The summed E-state index contributed by atoms with van der Waals surface area (Å²) in [6.07, 6.45) is 2.62. The zero-order valence-electron chi connectivity index (χ0n) is 9.45. The van der Waals surface area contributed by atoms with Crippen LogP contribution in [0.1, 0.15) is 31.4 Å². The zero-order valence-corrected chi connectivity index (χ0v) is 9.45. The van der Waals surface area contributed by atoms with Crippen molar-refractivity contribution in [1.29, 1.82) is 0 Å². The highest BCUT2D eigenvalue weighted by Crippen LogP contribution is 2.07. The van der Waals surface area contributed by atoms with Crippen LogP contribution in [0.25, 0.3) is 0 Å². The molecule has 2 heteroatoms. The number of hydrogen-bond acceptors (Lipinski definition) is 2. The molecule has 0 amide bonds. The summed E-state index contributed by atoms with van der Waals surface area (Å²) >= 11 is 0. The summed E-state index contributed by atoms with van der Waals surface area (Å²) in [6.45, 7) is 4.43. The summed E-state index contributed by atoms with van der Waals surface area (Å²) in [5.41, 5.74) is 2.35. The minimum absolute atomic E-state index is 0.152. The van der Waals surface area contributed by atoms with Gasteiger partial charge in [-0.1, -0.05) is 37.6 Å². The van der Waals surface area contributed by atoms with Gasteiger partial charge in [-0.3, -0.25) is 4.79 Å². The first-order chi connectivity index (χ1) is 7.26. The summed E-state index contributed by atoms with van der Waals surface area (Å²) in [4.78, 5) is 11.2. The van der Waals surface area contributed by atoms with E-state index in [2.05, 4.69) is 19.1 Å². The molecule has 0 radical (unpaired) electrons. The average molecular weight is 206 g/mol. The van der Waals surface area contributed by atoms with E-state index in [1.807, 2.05) is 19.1 Å². The van der Waals surface area contributed by atoms with E-state index in [-0.39, 0.29) is 5.97 Å². The van der Waals surface area contributed by atoms with Crippen LogP contribution in [-0.4, -0.2) is 12.6 Å². The SMILES string of the molecule is CCCc1ccc(CC(=O)OCC)cc1. The van der Waals surface area contributed by atoms with Crippen molar-refractivity contribution >= 4 is 5.97 Å². The van der Waals surface area contributed by atoms with Gasteiger partial charge in [0.25, 0.3) is 0 Å². The summed E-state index contributed by atoms with van der Waals surface area (Å²) in [6, 6.07) is 8.17. The van der Waals surface area contributed by atoms with E-state index in [9.17, 15) is 4.79 Å². The summed E-state index contributed by atoms with van der Waals surface area (Å²) in [5.74, 6) is -0.152. The van der Waals surface area contributed by atoms with E-state index < -0.39 is 0 Å². The van der Waals surface area contributed by atoms with Crippen LogP contribution in [0.15, 0.2) is 24.3 Å². The summed E-state index contributed by atoms with van der Waals surface area (Å²) in [7, 11) is 0. The maximum absolute atomic E-state index is 11.2. The molecule has 0 aliphatic carbocycles. The normalized spacial score (nSPS) is 10.0. The Morgan fingerprint density at radius 2 is 1.73 bits per heavy atom. The molecule has 0 heterocycles. The van der Waals surface area contributed by atoms with Crippen LogP contribution in [0.3, 0.4) is 0 Å². The average Bonchev–Trinajstić information content (AvgIpc) is 2.22. The van der Waals surface area contributed by atoms with Crippen LogP contribution in [0.4, 0.5) is 0 Å². The lowest BCUT2D eigenvalue weighted by molar-refractivity contribution is -0.142. The number of benzene rings is 1. The van der Waals surface area contributed by atoms with Crippen molar-refractivity contribution in [2.45, 2.75) is 33.1 Å². The fourth-order valence-corrected chi connectivity index (χ4v) is 1.49. The second-order valence-corrected chi connectivity index (χ2v) is 3.55. The molecule has 0 N–H and O–H groups in total. The van der Waals surface area contributed by atoms with Crippen molar-refractivity contribution in [2.24, 2.45) is 0 Å². The van der Waals surface area contributed by atoms with E-state index >= 15 is 0 Å². The van der Waals surface area contributed by atoms with Crippen LogP contribution in [0.5, 0.6) is 0 Å². The van der Waals surface area contributed by atoms with Gasteiger partial charge in [-0.05, 0) is 24.5 Å². The van der Waals surface area contributed by atoms with Gasteiger partial charge in [-0.15, -0.1) is 0 Å². The van der Waals surface area contributed by atoms with Gasteiger partial charge in [0, 0.05) is 0 Å². The minimum Gasteiger partial charge on any atom is -0.466 e. The molecular formula is C13H18O2. The number of rotatable bonds is 5. The molecule has 0 aliphatic rings. The van der Waals surface area contributed by atoms with E-state index in [0.717, 1.165) is 18.4 Å². The second kappa shape index (κ2) is 6.23. The Kier molecular flexibility index (Phi) is 4.88. The number of ether oxygens (including phenoxy) is 1. The predicted octanol–water partition coefficient (Wildman–Crippen LogP) is 2.74. The third-order valence-electron chi connectivity index (χ3n) is 2.22. The second-order valence-electron chi connectivity index (χ2n) is 3.55. The van der Waals surface area contributed by atoms with Crippen LogP contribution < -0.4 is 0 Å². The van der Waals surface area contributed by atoms with Gasteiger partial charge in [-0.25, -0.2) is 0 Å². The quantitative estimate of drug-likeness (QED) is 0.692. The maximum Gasteiger partial charge on any atom is 0.310 e. The largest absolute Gasteiger partial charge is 0.466 e. The van der Waals surface area contributed by atoms with Gasteiger partial charge in [-0.2, -0.15) is 0 Å². The van der Waals surface area contributed by atoms with Crippen LogP contribution in [0, 0.1) is 0 Å². The number of carbonyl (C=O) groups is 1. The first-order valence-electron chi connectivity index (χ1n) is 5.49. The van der Waals surface area contributed by atoms with Crippen LogP contribution >= 0.6 is 0 Å². The molecule has 15 heavy (non-hydrogen) atoms. The molecule has 0 spiro atoms. The van der Waals surface area contributed by atoms with E-state index in [1.54, 1.807) is 0 Å². The Balaban J connectivity index is 2.52. The molecule has 0 atom stereocenters. The monoisotopic (exact) mass is 206 g/mol. The van der Waals surface area contributed by atoms with Gasteiger partial charge < -0.3 is 4.74 Å². The lowest BCUT2D eigenvalue weighted by Gasteiger charge is -2.03. The Morgan fingerprint density at radius 1 is 1.13 bits per heavy atom. The fraction of sp³-hybridized carbons (Fsp3) is 0.462. The van der Waals surface area contributed by atoms with E-state index in [0.29, 0.717) is 13.0 Å². The highest BCUT2D eigenvalue weighted by atomic mass is 16.5. The Morgan fingerprint density at radius 3 is 2.27 bits per heavy atom. The lowest BCUT2D eigenvalue weighted by atomic mass is 10.1. The van der Waals surface area contributed by atoms with Gasteiger partial charge >= 0.3 is 5.97 Å². The summed E-state index contributed by atoms with van der Waals surface area (Å²) in [5, 5.41) is 0. The molecule has 82 valence electrons. The Bertz CT molecular complexity index is 301. The standard InChI is InChI=1S/C13H18O2/c1-3-5-11-6-8-12(9-7-11)10-13(14)15-4-2/h6-9H,3-5,10H2,1-2H3. The molecule has 1 rings (SSSR count). The topological polar surface area (TPSA) is 26.3 Å².